The lowest BCUT2D eigenvalue weighted by Gasteiger charge is -2.35. The summed E-state index contributed by atoms with van der Waals surface area (Å²) >= 11 is 0. The van der Waals surface area contributed by atoms with Gasteiger partial charge in [-0.15, -0.1) is 0 Å². The summed E-state index contributed by atoms with van der Waals surface area (Å²) in [6, 6.07) is 0.208. The molecule has 19 heavy (non-hydrogen) atoms. The van der Waals surface area contributed by atoms with Crippen LogP contribution in [0.2, 0.25) is 0 Å². The lowest BCUT2D eigenvalue weighted by molar-refractivity contribution is -0.157. The molecule has 1 rings (SSSR count). The summed E-state index contributed by atoms with van der Waals surface area (Å²) in [7, 11) is 0. The molecule has 0 aromatic heterocycles. The number of amides is 1. The van der Waals surface area contributed by atoms with Crippen LogP contribution in [0.4, 0.5) is 0 Å². The average Bonchev–Trinajstić information content (AvgIpc) is 2.50. The van der Waals surface area contributed by atoms with E-state index >= 15 is 0 Å². The van der Waals surface area contributed by atoms with E-state index in [1.54, 1.807) is 0 Å². The largest absolute Gasteiger partial charge is 0.481 e. The van der Waals surface area contributed by atoms with Gasteiger partial charge in [-0.2, -0.15) is 0 Å². The lowest BCUT2D eigenvalue weighted by atomic mass is 9.79. The van der Waals surface area contributed by atoms with Gasteiger partial charge in [-0.25, -0.2) is 0 Å². The van der Waals surface area contributed by atoms with E-state index in [0.717, 1.165) is 32.1 Å². The van der Waals surface area contributed by atoms with Gasteiger partial charge in [0.05, 0.1) is 0 Å². The Morgan fingerprint density at radius 3 is 2.37 bits per heavy atom. The molecule has 1 fully saturated rings. The molecule has 4 heteroatoms. The SMILES string of the molecule is CCC1CCCCCN1C(=O)C(C(=O)O)C(C)(C)C. The van der Waals surface area contributed by atoms with Crippen LogP contribution in [-0.2, 0) is 9.59 Å². The molecule has 2 unspecified atom stereocenters. The van der Waals surface area contributed by atoms with Gasteiger partial charge in [0, 0.05) is 12.6 Å². The predicted molar refractivity (Wildman–Crippen MR) is 74.8 cm³/mol. The van der Waals surface area contributed by atoms with Gasteiger partial charge in [-0.05, 0) is 24.7 Å². The van der Waals surface area contributed by atoms with Gasteiger partial charge in [-0.1, -0.05) is 40.5 Å². The molecule has 110 valence electrons. The van der Waals surface area contributed by atoms with Gasteiger partial charge in [-0.3, -0.25) is 9.59 Å². The molecule has 1 aliphatic heterocycles. The molecule has 0 aliphatic carbocycles. The number of carboxylic acids is 1. The number of carboxylic acid groups (broad SMARTS) is 1. The number of carbonyl (C=O) groups is 2. The zero-order chi connectivity index (χ0) is 14.6. The van der Waals surface area contributed by atoms with Gasteiger partial charge in [0.1, 0.15) is 5.92 Å². The Labute approximate surface area is 116 Å². The van der Waals surface area contributed by atoms with E-state index < -0.39 is 17.3 Å². The van der Waals surface area contributed by atoms with Crippen LogP contribution >= 0.6 is 0 Å². The fraction of sp³-hybridized carbons (Fsp3) is 0.867. The van der Waals surface area contributed by atoms with Crippen molar-refractivity contribution in [3.63, 3.8) is 0 Å². The number of likely N-dealkylation sites (tertiary alicyclic amines) is 1. The number of hydrogen-bond donors (Lipinski definition) is 1. The van der Waals surface area contributed by atoms with E-state index in [-0.39, 0.29) is 11.9 Å². The van der Waals surface area contributed by atoms with Crippen molar-refractivity contribution < 1.29 is 14.7 Å². The minimum atomic E-state index is -1.00. The van der Waals surface area contributed by atoms with Crippen molar-refractivity contribution in [2.24, 2.45) is 11.3 Å². The van der Waals surface area contributed by atoms with Crippen LogP contribution in [0.15, 0.2) is 0 Å². The summed E-state index contributed by atoms with van der Waals surface area (Å²) in [5.41, 5.74) is -0.548. The highest BCUT2D eigenvalue weighted by Gasteiger charge is 2.41. The molecule has 1 amide bonds. The van der Waals surface area contributed by atoms with E-state index in [1.807, 2.05) is 25.7 Å². The number of carbonyl (C=O) groups excluding carboxylic acids is 1. The maximum absolute atomic E-state index is 12.7. The zero-order valence-corrected chi connectivity index (χ0v) is 12.6. The first-order chi connectivity index (χ1) is 8.79. The Bertz CT molecular complexity index is 333. The van der Waals surface area contributed by atoms with Gasteiger partial charge in [0.15, 0.2) is 0 Å². The third kappa shape index (κ3) is 3.95. The second-order valence-corrected chi connectivity index (χ2v) is 6.58. The number of aliphatic carboxylic acids is 1. The number of nitrogens with zero attached hydrogens (tertiary/aromatic N) is 1. The maximum Gasteiger partial charge on any atom is 0.316 e. The summed E-state index contributed by atoms with van der Waals surface area (Å²) in [5.74, 6) is -2.15. The van der Waals surface area contributed by atoms with Crippen molar-refractivity contribution >= 4 is 11.9 Å². The summed E-state index contributed by atoms with van der Waals surface area (Å²) in [4.78, 5) is 25.9. The summed E-state index contributed by atoms with van der Waals surface area (Å²) in [6.07, 6.45) is 5.16. The third-order valence-corrected chi connectivity index (χ3v) is 3.99. The van der Waals surface area contributed by atoms with Crippen LogP contribution in [-0.4, -0.2) is 34.5 Å². The second-order valence-electron chi connectivity index (χ2n) is 6.58. The first-order valence-corrected chi connectivity index (χ1v) is 7.32. The van der Waals surface area contributed by atoms with Crippen LogP contribution in [0, 0.1) is 11.3 Å². The Balaban J connectivity index is 2.96. The van der Waals surface area contributed by atoms with E-state index in [2.05, 4.69) is 6.92 Å². The minimum absolute atomic E-state index is 0.200. The smallest absolute Gasteiger partial charge is 0.316 e. The molecule has 4 nitrogen and oxygen atoms in total. The van der Waals surface area contributed by atoms with Crippen molar-refractivity contribution in [3.05, 3.63) is 0 Å². The normalized spacial score (nSPS) is 22.7. The number of hydrogen-bond acceptors (Lipinski definition) is 2. The van der Waals surface area contributed by atoms with Gasteiger partial charge < -0.3 is 10.0 Å². The Morgan fingerprint density at radius 2 is 1.89 bits per heavy atom. The molecule has 1 heterocycles. The highest BCUT2D eigenvalue weighted by atomic mass is 16.4. The molecule has 0 spiro atoms. The van der Waals surface area contributed by atoms with E-state index in [4.69, 9.17) is 0 Å². The molecule has 0 bridgehead atoms. The third-order valence-electron chi connectivity index (χ3n) is 3.99. The molecule has 0 aromatic carbocycles. The van der Waals surface area contributed by atoms with Crippen molar-refractivity contribution in [2.75, 3.05) is 6.54 Å². The monoisotopic (exact) mass is 269 g/mol. The van der Waals surface area contributed by atoms with Crippen LogP contribution < -0.4 is 0 Å². The maximum atomic E-state index is 12.7. The van der Waals surface area contributed by atoms with Crippen LogP contribution in [0.1, 0.15) is 59.8 Å². The molecular formula is C15H27NO3. The molecule has 0 saturated carbocycles. The Morgan fingerprint density at radius 1 is 1.26 bits per heavy atom. The molecule has 2 atom stereocenters. The van der Waals surface area contributed by atoms with Crippen LogP contribution in [0.3, 0.4) is 0 Å². The van der Waals surface area contributed by atoms with Crippen molar-refractivity contribution in [2.45, 2.75) is 65.8 Å². The molecular weight excluding hydrogens is 242 g/mol. The highest BCUT2D eigenvalue weighted by molar-refractivity contribution is 5.97. The molecule has 0 radical (unpaired) electrons. The van der Waals surface area contributed by atoms with E-state index in [0.29, 0.717) is 6.54 Å². The first-order valence-electron chi connectivity index (χ1n) is 7.32. The minimum Gasteiger partial charge on any atom is -0.481 e. The van der Waals surface area contributed by atoms with Crippen molar-refractivity contribution in [1.82, 2.24) is 4.90 Å². The first kappa shape index (κ1) is 16.0. The topological polar surface area (TPSA) is 57.6 Å². The molecule has 1 saturated heterocycles. The highest BCUT2D eigenvalue weighted by Crippen LogP contribution is 2.30. The molecule has 1 aliphatic rings. The molecule has 1 N–H and O–H groups in total. The van der Waals surface area contributed by atoms with Crippen LogP contribution in [0.5, 0.6) is 0 Å². The summed E-state index contributed by atoms with van der Waals surface area (Å²) < 4.78 is 0. The fourth-order valence-electron chi connectivity index (χ4n) is 2.90. The Hall–Kier alpha value is -1.06. The lowest BCUT2D eigenvalue weighted by Crippen LogP contribution is -2.49. The fourth-order valence-corrected chi connectivity index (χ4v) is 2.90. The van der Waals surface area contributed by atoms with Gasteiger partial charge in [0.2, 0.25) is 5.91 Å². The standard InChI is InChI=1S/C15H27NO3/c1-5-11-9-7-6-8-10-16(11)13(17)12(14(18)19)15(2,3)4/h11-12H,5-10H2,1-4H3,(H,18,19). The van der Waals surface area contributed by atoms with Crippen molar-refractivity contribution in [1.29, 1.82) is 0 Å². The zero-order valence-electron chi connectivity index (χ0n) is 12.6. The predicted octanol–water partition coefficient (Wildman–Crippen LogP) is 2.91. The molecule has 0 aromatic rings. The van der Waals surface area contributed by atoms with E-state index in [1.165, 1.54) is 0 Å². The Kier molecular flexibility index (Phi) is 5.39. The number of rotatable bonds is 3. The second kappa shape index (κ2) is 6.40. The quantitative estimate of drug-likeness (QED) is 0.801. The van der Waals surface area contributed by atoms with Crippen LogP contribution in [0.25, 0.3) is 0 Å². The van der Waals surface area contributed by atoms with Crippen molar-refractivity contribution in [3.8, 4) is 0 Å². The van der Waals surface area contributed by atoms with E-state index in [9.17, 15) is 14.7 Å². The van der Waals surface area contributed by atoms with Gasteiger partial charge >= 0.3 is 5.97 Å². The average molecular weight is 269 g/mol. The van der Waals surface area contributed by atoms with Gasteiger partial charge in [0.25, 0.3) is 0 Å². The summed E-state index contributed by atoms with van der Waals surface area (Å²) in [5, 5.41) is 9.39. The summed E-state index contributed by atoms with van der Waals surface area (Å²) in [6.45, 7) is 8.24.